The molecule has 0 spiro atoms. The van der Waals surface area contributed by atoms with E-state index in [1.165, 1.54) is 22.5 Å². The van der Waals surface area contributed by atoms with Crippen LogP contribution in [0, 0.1) is 5.82 Å². The number of piperidine rings is 1. The summed E-state index contributed by atoms with van der Waals surface area (Å²) in [6.07, 6.45) is 1.03. The molecular weight excluding hydrogens is 437 g/mol. The first-order valence-electron chi connectivity index (χ1n) is 10.3. The minimum atomic E-state index is -3.23. The fraction of sp³-hybridized carbons (Fsp3) is 0.364. The highest BCUT2D eigenvalue weighted by Gasteiger charge is 2.28. The standard InChI is InChI=1S/C22H26FN3O5S/c1-2-32(29,30)26-13-11-16(12-14-26)24-22(28)17-7-3-6-10-20(17)31-15-21(27)25-19-9-5-4-8-18(19)23/h3-10,16H,2,11-15H2,1H3,(H,24,28)(H,25,27). The lowest BCUT2D eigenvalue weighted by Crippen LogP contribution is -2.46. The summed E-state index contributed by atoms with van der Waals surface area (Å²) in [4.78, 5) is 24.9. The molecule has 0 radical (unpaired) electrons. The van der Waals surface area contributed by atoms with E-state index in [-0.39, 0.29) is 34.7 Å². The number of carbonyl (C=O) groups excluding carboxylic acids is 2. The predicted molar refractivity (Wildman–Crippen MR) is 118 cm³/mol. The molecule has 10 heteroatoms. The van der Waals surface area contributed by atoms with E-state index < -0.39 is 28.4 Å². The van der Waals surface area contributed by atoms with Crippen molar-refractivity contribution in [2.24, 2.45) is 0 Å². The van der Waals surface area contributed by atoms with Crippen LogP contribution in [0.15, 0.2) is 48.5 Å². The number of nitrogens with zero attached hydrogens (tertiary/aromatic N) is 1. The van der Waals surface area contributed by atoms with Crippen LogP contribution in [0.3, 0.4) is 0 Å². The molecule has 3 rings (SSSR count). The van der Waals surface area contributed by atoms with Gasteiger partial charge in [0.05, 0.1) is 17.0 Å². The number of carbonyl (C=O) groups is 2. The van der Waals surface area contributed by atoms with Crippen LogP contribution < -0.4 is 15.4 Å². The number of rotatable bonds is 8. The maximum atomic E-state index is 13.7. The van der Waals surface area contributed by atoms with E-state index in [9.17, 15) is 22.4 Å². The van der Waals surface area contributed by atoms with Crippen molar-refractivity contribution in [3.05, 3.63) is 59.9 Å². The quantitative estimate of drug-likeness (QED) is 0.626. The Balaban J connectivity index is 1.56. The van der Waals surface area contributed by atoms with Crippen LogP contribution in [0.1, 0.15) is 30.1 Å². The molecule has 1 aliphatic heterocycles. The van der Waals surface area contributed by atoms with Crippen LogP contribution in [0.4, 0.5) is 10.1 Å². The van der Waals surface area contributed by atoms with Crippen molar-refractivity contribution in [2.45, 2.75) is 25.8 Å². The number of amides is 2. The summed E-state index contributed by atoms with van der Waals surface area (Å²) in [5.74, 6) is -1.21. The van der Waals surface area contributed by atoms with Crippen molar-refractivity contribution in [3.8, 4) is 5.75 Å². The Morgan fingerprint density at radius 1 is 1.09 bits per heavy atom. The number of anilines is 1. The SMILES string of the molecule is CCS(=O)(=O)N1CCC(NC(=O)c2ccccc2OCC(=O)Nc2ccccc2F)CC1. The number of hydrogen-bond donors (Lipinski definition) is 2. The molecule has 2 N–H and O–H groups in total. The van der Waals surface area contributed by atoms with E-state index in [0.717, 1.165) is 0 Å². The summed E-state index contributed by atoms with van der Waals surface area (Å²) < 4.78 is 44.6. The Hall–Kier alpha value is -2.98. The highest BCUT2D eigenvalue weighted by molar-refractivity contribution is 7.89. The van der Waals surface area contributed by atoms with Gasteiger partial charge in [-0.1, -0.05) is 24.3 Å². The van der Waals surface area contributed by atoms with Crippen LogP contribution >= 0.6 is 0 Å². The molecule has 2 amide bonds. The highest BCUT2D eigenvalue weighted by Crippen LogP contribution is 2.20. The summed E-state index contributed by atoms with van der Waals surface area (Å²) >= 11 is 0. The van der Waals surface area contributed by atoms with Crippen LogP contribution in [-0.2, 0) is 14.8 Å². The second kappa shape index (κ2) is 10.6. The fourth-order valence-corrected chi connectivity index (χ4v) is 4.53. The highest BCUT2D eigenvalue weighted by atomic mass is 32.2. The number of hydrogen-bond acceptors (Lipinski definition) is 5. The average Bonchev–Trinajstić information content (AvgIpc) is 2.80. The summed E-state index contributed by atoms with van der Waals surface area (Å²) in [5, 5.41) is 5.33. The molecule has 1 saturated heterocycles. The monoisotopic (exact) mass is 463 g/mol. The number of halogens is 1. The van der Waals surface area contributed by atoms with Crippen LogP contribution in [0.25, 0.3) is 0 Å². The van der Waals surface area contributed by atoms with Gasteiger partial charge in [-0.3, -0.25) is 9.59 Å². The molecule has 8 nitrogen and oxygen atoms in total. The molecule has 172 valence electrons. The average molecular weight is 464 g/mol. The van der Waals surface area contributed by atoms with Gasteiger partial charge in [0.2, 0.25) is 10.0 Å². The minimum absolute atomic E-state index is 0.0450. The second-order valence-electron chi connectivity index (χ2n) is 7.36. The van der Waals surface area contributed by atoms with Gasteiger partial charge in [-0.2, -0.15) is 0 Å². The summed E-state index contributed by atoms with van der Waals surface area (Å²) in [7, 11) is -3.23. The number of ether oxygens (including phenoxy) is 1. The predicted octanol–water partition coefficient (Wildman–Crippen LogP) is 2.39. The molecule has 2 aromatic rings. The van der Waals surface area contributed by atoms with Gasteiger partial charge in [0.15, 0.2) is 6.61 Å². The largest absolute Gasteiger partial charge is 0.483 e. The molecule has 1 aliphatic rings. The third kappa shape index (κ3) is 6.04. The zero-order valence-electron chi connectivity index (χ0n) is 17.7. The van der Waals surface area contributed by atoms with E-state index in [4.69, 9.17) is 4.74 Å². The zero-order chi connectivity index (χ0) is 23.1. The van der Waals surface area contributed by atoms with Crippen molar-refractivity contribution in [1.82, 2.24) is 9.62 Å². The normalized spacial score (nSPS) is 15.2. The smallest absolute Gasteiger partial charge is 0.262 e. The lowest BCUT2D eigenvalue weighted by atomic mass is 10.1. The molecule has 0 aliphatic carbocycles. The molecular formula is C22H26FN3O5S. The molecule has 0 aromatic heterocycles. The van der Waals surface area contributed by atoms with Crippen molar-refractivity contribution < 1.29 is 27.1 Å². The molecule has 0 saturated carbocycles. The van der Waals surface area contributed by atoms with Gasteiger partial charge in [0, 0.05) is 19.1 Å². The Kier molecular flexibility index (Phi) is 7.81. The Bertz CT molecular complexity index is 1070. The van der Waals surface area contributed by atoms with Crippen molar-refractivity contribution in [2.75, 3.05) is 30.8 Å². The third-order valence-corrected chi connectivity index (χ3v) is 7.07. The lowest BCUT2D eigenvalue weighted by Gasteiger charge is -2.31. The maximum absolute atomic E-state index is 13.7. The Morgan fingerprint density at radius 2 is 1.75 bits per heavy atom. The number of para-hydroxylation sites is 2. The number of nitrogens with one attached hydrogen (secondary N) is 2. The van der Waals surface area contributed by atoms with E-state index in [1.807, 2.05) is 0 Å². The summed E-state index contributed by atoms with van der Waals surface area (Å²) in [6.45, 7) is 1.92. The first-order chi connectivity index (χ1) is 15.3. The minimum Gasteiger partial charge on any atom is -0.483 e. The van der Waals surface area contributed by atoms with E-state index in [2.05, 4.69) is 10.6 Å². The molecule has 1 fully saturated rings. The van der Waals surface area contributed by atoms with E-state index in [0.29, 0.717) is 25.9 Å². The van der Waals surface area contributed by atoms with Crippen molar-refractivity contribution in [3.63, 3.8) is 0 Å². The van der Waals surface area contributed by atoms with E-state index in [1.54, 1.807) is 37.3 Å². The molecule has 2 aromatic carbocycles. The summed E-state index contributed by atoms with van der Waals surface area (Å²) in [5.41, 5.74) is 0.304. The van der Waals surface area contributed by atoms with Crippen LogP contribution in [-0.4, -0.2) is 56.0 Å². The van der Waals surface area contributed by atoms with Gasteiger partial charge in [0.25, 0.3) is 11.8 Å². The van der Waals surface area contributed by atoms with Gasteiger partial charge in [-0.25, -0.2) is 17.1 Å². The molecule has 1 heterocycles. The zero-order valence-corrected chi connectivity index (χ0v) is 18.5. The number of benzene rings is 2. The third-order valence-electron chi connectivity index (χ3n) is 5.19. The van der Waals surface area contributed by atoms with Gasteiger partial charge in [-0.05, 0) is 44.0 Å². The Morgan fingerprint density at radius 3 is 2.44 bits per heavy atom. The maximum Gasteiger partial charge on any atom is 0.262 e. The molecule has 0 bridgehead atoms. The second-order valence-corrected chi connectivity index (χ2v) is 9.62. The van der Waals surface area contributed by atoms with Crippen molar-refractivity contribution in [1.29, 1.82) is 0 Å². The number of sulfonamides is 1. The topological polar surface area (TPSA) is 105 Å². The van der Waals surface area contributed by atoms with Gasteiger partial charge in [0.1, 0.15) is 11.6 Å². The van der Waals surface area contributed by atoms with Crippen LogP contribution in [0.5, 0.6) is 5.75 Å². The van der Waals surface area contributed by atoms with E-state index >= 15 is 0 Å². The lowest BCUT2D eigenvalue weighted by molar-refractivity contribution is -0.118. The Labute approximate surface area is 186 Å². The molecule has 32 heavy (non-hydrogen) atoms. The van der Waals surface area contributed by atoms with Crippen molar-refractivity contribution >= 4 is 27.5 Å². The molecule has 0 atom stereocenters. The van der Waals surface area contributed by atoms with Gasteiger partial charge in [-0.15, -0.1) is 0 Å². The fourth-order valence-electron chi connectivity index (χ4n) is 3.40. The van der Waals surface area contributed by atoms with Gasteiger partial charge < -0.3 is 15.4 Å². The van der Waals surface area contributed by atoms with Gasteiger partial charge >= 0.3 is 0 Å². The molecule has 0 unspecified atom stereocenters. The first-order valence-corrected chi connectivity index (χ1v) is 12.0. The summed E-state index contributed by atoms with van der Waals surface area (Å²) in [6, 6.07) is 12.1. The van der Waals surface area contributed by atoms with Crippen LogP contribution in [0.2, 0.25) is 0 Å². The first kappa shape index (κ1) is 23.7.